The Balaban J connectivity index is 1.81. The van der Waals surface area contributed by atoms with Crippen molar-refractivity contribution in [3.8, 4) is 5.75 Å². The predicted octanol–water partition coefficient (Wildman–Crippen LogP) is 1.35. The van der Waals surface area contributed by atoms with Crippen molar-refractivity contribution in [2.45, 2.75) is 13.3 Å². The molecule has 2 rings (SSSR count). The Labute approximate surface area is 154 Å². The third-order valence-corrected chi connectivity index (χ3v) is 3.90. The van der Waals surface area contributed by atoms with E-state index >= 15 is 0 Å². The lowest BCUT2D eigenvalue weighted by Crippen LogP contribution is -3.11. The van der Waals surface area contributed by atoms with E-state index in [9.17, 15) is 9.59 Å². The van der Waals surface area contributed by atoms with E-state index in [1.54, 1.807) is 19.2 Å². The summed E-state index contributed by atoms with van der Waals surface area (Å²) in [7, 11) is 3.39. The van der Waals surface area contributed by atoms with Gasteiger partial charge in [0.2, 0.25) is 0 Å². The smallest absolute Gasteiger partial charge is 0.279 e. The minimum absolute atomic E-state index is 0.120. The molecule has 0 fully saturated rings. The first kappa shape index (κ1) is 19.5. The van der Waals surface area contributed by atoms with Crippen LogP contribution in [-0.2, 0) is 16.0 Å². The number of likely N-dealkylation sites (N-methyl/N-ethyl adjacent to an activating group) is 1. The monoisotopic (exact) mass is 356 g/mol. The lowest BCUT2D eigenvalue weighted by molar-refractivity contribution is -0.862. The Bertz CT molecular complexity index is 698. The number of rotatable bonds is 8. The first-order chi connectivity index (χ1) is 12.5. The van der Waals surface area contributed by atoms with Crippen LogP contribution in [0.4, 0.5) is 11.4 Å². The Hall–Kier alpha value is -2.86. The lowest BCUT2D eigenvalue weighted by Gasteiger charge is -2.14. The number of carbonyl (C=O) groups is 2. The number of nitrogens with one attached hydrogen (secondary N) is 3. The molecule has 0 aliphatic rings. The molecule has 1 unspecified atom stereocenters. The molecule has 2 amide bonds. The molecule has 0 bridgehead atoms. The minimum Gasteiger partial charge on any atom is -0.497 e. The van der Waals surface area contributed by atoms with Gasteiger partial charge in [-0.2, -0.15) is 0 Å². The topological polar surface area (TPSA) is 71.9 Å². The van der Waals surface area contributed by atoms with Gasteiger partial charge in [0, 0.05) is 17.4 Å². The molecule has 26 heavy (non-hydrogen) atoms. The van der Waals surface area contributed by atoms with Crippen LogP contribution in [0.3, 0.4) is 0 Å². The van der Waals surface area contributed by atoms with Gasteiger partial charge in [-0.1, -0.05) is 25.1 Å². The van der Waals surface area contributed by atoms with E-state index in [1.165, 1.54) is 5.56 Å². The molecule has 0 aliphatic heterocycles. The zero-order valence-electron chi connectivity index (χ0n) is 15.5. The van der Waals surface area contributed by atoms with Gasteiger partial charge in [0.05, 0.1) is 14.2 Å². The van der Waals surface area contributed by atoms with Gasteiger partial charge in [-0.25, -0.2) is 0 Å². The molecule has 0 spiro atoms. The molecule has 0 aromatic heterocycles. The fourth-order valence-electron chi connectivity index (χ4n) is 2.59. The van der Waals surface area contributed by atoms with Gasteiger partial charge < -0.3 is 20.3 Å². The molecule has 1 atom stereocenters. The van der Waals surface area contributed by atoms with Crippen molar-refractivity contribution in [3.63, 3.8) is 0 Å². The molecular formula is C20H26N3O3+. The second-order valence-corrected chi connectivity index (χ2v) is 6.19. The van der Waals surface area contributed by atoms with E-state index in [0.717, 1.165) is 17.0 Å². The van der Waals surface area contributed by atoms with Gasteiger partial charge in [-0.15, -0.1) is 0 Å². The molecule has 0 heterocycles. The Morgan fingerprint density at radius 1 is 0.962 bits per heavy atom. The summed E-state index contributed by atoms with van der Waals surface area (Å²) in [5.41, 5.74) is 2.62. The van der Waals surface area contributed by atoms with E-state index in [-0.39, 0.29) is 24.9 Å². The van der Waals surface area contributed by atoms with Gasteiger partial charge in [-0.05, 0) is 36.2 Å². The van der Waals surface area contributed by atoms with Crippen LogP contribution in [0.25, 0.3) is 0 Å². The molecule has 6 nitrogen and oxygen atoms in total. The molecule has 138 valence electrons. The zero-order chi connectivity index (χ0) is 18.9. The molecule has 6 heteroatoms. The molecular weight excluding hydrogens is 330 g/mol. The van der Waals surface area contributed by atoms with Crippen LogP contribution in [0, 0.1) is 0 Å². The van der Waals surface area contributed by atoms with Crippen molar-refractivity contribution >= 4 is 23.2 Å². The van der Waals surface area contributed by atoms with Crippen LogP contribution >= 0.6 is 0 Å². The number of amides is 2. The van der Waals surface area contributed by atoms with Crippen molar-refractivity contribution in [1.29, 1.82) is 0 Å². The first-order valence-corrected chi connectivity index (χ1v) is 8.64. The van der Waals surface area contributed by atoms with Crippen LogP contribution in [0.15, 0.2) is 48.5 Å². The van der Waals surface area contributed by atoms with Gasteiger partial charge in [0.15, 0.2) is 13.1 Å². The van der Waals surface area contributed by atoms with Crippen molar-refractivity contribution < 1.29 is 19.2 Å². The standard InChI is InChI=1S/C20H25N3O3/c1-4-15-7-5-8-16(11-15)21-19(24)13-23(2)14-20(25)22-17-9-6-10-18(12-17)26-3/h5-12H,4,13-14H2,1-3H3,(H,21,24)(H,22,25)/p+1. The molecule has 0 aliphatic carbocycles. The van der Waals surface area contributed by atoms with Gasteiger partial charge in [0.25, 0.3) is 11.8 Å². The number of anilines is 2. The van der Waals surface area contributed by atoms with Gasteiger partial charge in [-0.3, -0.25) is 9.59 Å². The Morgan fingerprint density at radius 3 is 2.12 bits per heavy atom. The van der Waals surface area contributed by atoms with Crippen molar-refractivity contribution in [1.82, 2.24) is 0 Å². The third-order valence-electron chi connectivity index (χ3n) is 3.90. The van der Waals surface area contributed by atoms with Crippen molar-refractivity contribution in [2.24, 2.45) is 0 Å². The molecule has 2 aromatic carbocycles. The average Bonchev–Trinajstić information content (AvgIpc) is 2.61. The number of hydrogen-bond donors (Lipinski definition) is 3. The summed E-state index contributed by atoms with van der Waals surface area (Å²) in [6, 6.07) is 14.9. The zero-order valence-corrected chi connectivity index (χ0v) is 15.5. The van der Waals surface area contributed by atoms with Crippen LogP contribution in [0.2, 0.25) is 0 Å². The van der Waals surface area contributed by atoms with E-state index in [2.05, 4.69) is 17.6 Å². The number of hydrogen-bond acceptors (Lipinski definition) is 3. The predicted molar refractivity (Wildman–Crippen MR) is 103 cm³/mol. The second-order valence-electron chi connectivity index (χ2n) is 6.19. The summed E-state index contributed by atoms with van der Waals surface area (Å²) in [4.78, 5) is 25.1. The molecule has 0 saturated carbocycles. The number of quaternary nitrogens is 1. The van der Waals surface area contributed by atoms with Crippen LogP contribution in [0.1, 0.15) is 12.5 Å². The summed E-state index contributed by atoms with van der Waals surface area (Å²) in [6.45, 7) is 2.47. The highest BCUT2D eigenvalue weighted by molar-refractivity contribution is 5.93. The number of ether oxygens (including phenoxy) is 1. The maximum absolute atomic E-state index is 12.2. The number of methoxy groups -OCH3 is 1. The summed E-state index contributed by atoms with van der Waals surface area (Å²) in [5.74, 6) is 0.402. The highest BCUT2D eigenvalue weighted by Gasteiger charge is 2.14. The summed E-state index contributed by atoms with van der Waals surface area (Å²) in [5, 5.41) is 5.69. The van der Waals surface area contributed by atoms with Gasteiger partial charge >= 0.3 is 0 Å². The quantitative estimate of drug-likeness (QED) is 0.669. The highest BCUT2D eigenvalue weighted by Crippen LogP contribution is 2.16. The molecule has 2 aromatic rings. The molecule has 0 radical (unpaired) electrons. The summed E-state index contributed by atoms with van der Waals surface area (Å²) in [6.07, 6.45) is 0.916. The number of carbonyl (C=O) groups excluding carboxylic acids is 2. The van der Waals surface area contributed by atoms with E-state index in [4.69, 9.17) is 4.74 Å². The molecule has 0 saturated heterocycles. The first-order valence-electron chi connectivity index (χ1n) is 8.64. The third kappa shape index (κ3) is 6.22. The maximum Gasteiger partial charge on any atom is 0.279 e. The van der Waals surface area contributed by atoms with E-state index in [0.29, 0.717) is 11.4 Å². The fourth-order valence-corrected chi connectivity index (χ4v) is 2.59. The molecule has 3 N–H and O–H groups in total. The highest BCUT2D eigenvalue weighted by atomic mass is 16.5. The largest absolute Gasteiger partial charge is 0.497 e. The SMILES string of the molecule is CCc1cccc(NC(=O)C[NH+](C)CC(=O)Nc2cccc(OC)c2)c1. The normalized spacial score (nSPS) is 11.5. The lowest BCUT2D eigenvalue weighted by atomic mass is 10.1. The summed E-state index contributed by atoms with van der Waals surface area (Å²) < 4.78 is 5.13. The number of aryl methyl sites for hydroxylation is 1. The Kier molecular flexibility index (Phi) is 7.17. The van der Waals surface area contributed by atoms with Crippen molar-refractivity contribution in [3.05, 3.63) is 54.1 Å². The minimum atomic E-state index is -0.156. The van der Waals surface area contributed by atoms with Crippen molar-refractivity contribution in [2.75, 3.05) is 37.9 Å². The maximum atomic E-state index is 12.2. The van der Waals surface area contributed by atoms with Crippen LogP contribution < -0.4 is 20.3 Å². The van der Waals surface area contributed by atoms with Crippen LogP contribution in [-0.4, -0.2) is 39.1 Å². The van der Waals surface area contributed by atoms with Gasteiger partial charge in [0.1, 0.15) is 5.75 Å². The fraction of sp³-hybridized carbons (Fsp3) is 0.300. The van der Waals surface area contributed by atoms with E-state index < -0.39 is 0 Å². The summed E-state index contributed by atoms with van der Waals surface area (Å²) >= 11 is 0. The van der Waals surface area contributed by atoms with E-state index in [1.807, 2.05) is 43.4 Å². The Morgan fingerprint density at radius 2 is 1.54 bits per heavy atom. The van der Waals surface area contributed by atoms with Crippen LogP contribution in [0.5, 0.6) is 5.75 Å². The second kappa shape index (κ2) is 9.58. The average molecular weight is 356 g/mol. The number of benzene rings is 2.